The largest absolute Gasteiger partial charge is 0.465 e. The molecule has 0 spiro atoms. The van der Waals surface area contributed by atoms with E-state index in [1.165, 1.54) is 36.1 Å². The highest BCUT2D eigenvalue weighted by Gasteiger charge is 2.58. The molecule has 0 saturated carbocycles. The summed E-state index contributed by atoms with van der Waals surface area (Å²) in [5.41, 5.74) is 3.50. The number of rotatable bonds is 9. The monoisotopic (exact) mass is 571 g/mol. The summed E-state index contributed by atoms with van der Waals surface area (Å²) in [6, 6.07) is -0.902. The highest BCUT2D eigenvalue weighted by atomic mass is 32.2. The maximum Gasteiger partial charge on any atom is 0.321 e. The van der Waals surface area contributed by atoms with Crippen molar-refractivity contribution in [2.24, 2.45) is 16.0 Å². The lowest BCUT2D eigenvalue weighted by atomic mass is 9.88. The van der Waals surface area contributed by atoms with Gasteiger partial charge in [0.15, 0.2) is 10.8 Å². The van der Waals surface area contributed by atoms with E-state index in [-0.39, 0.29) is 35.4 Å². The third-order valence-electron chi connectivity index (χ3n) is 5.57. The number of hydrogen-bond donors (Lipinski definition) is 2. The van der Waals surface area contributed by atoms with Crippen LogP contribution in [0.5, 0.6) is 0 Å². The summed E-state index contributed by atoms with van der Waals surface area (Å²) in [6.45, 7) is 5.05. The van der Waals surface area contributed by atoms with E-state index in [4.69, 9.17) is 24.8 Å². The summed E-state index contributed by atoms with van der Waals surface area (Å²) in [7, 11) is 1.27. The number of carbonyl (C=O) groups excluding carboxylic acids is 5. The molecule has 1 aromatic heterocycles. The molecule has 3 heterocycles. The molecule has 3 N–H and O–H groups in total. The Hall–Kier alpha value is -3.40. The standard InChI is InChI=1S/C22H29N5O9S2/c1-11(28)34-8-22(19(32)36-10-35-18(31)21(2,3)4)7-27-16(30)14(17(27)38-9-22)25-15(29)13(26-33-5)12-6-37-20(23)24-12/h6,14,17H,7-10H2,1-5H3,(H2,23,24)(H,25,29)/t14?,17-,22?/m1/s1. The fourth-order valence-electron chi connectivity index (χ4n) is 3.54. The molecule has 3 atom stereocenters. The van der Waals surface area contributed by atoms with E-state index in [2.05, 4.69) is 15.5 Å². The van der Waals surface area contributed by atoms with Gasteiger partial charge in [0.25, 0.3) is 5.91 Å². The van der Waals surface area contributed by atoms with Crippen LogP contribution in [0.1, 0.15) is 33.4 Å². The lowest BCUT2D eigenvalue weighted by Crippen LogP contribution is -2.74. The van der Waals surface area contributed by atoms with E-state index < -0.39 is 58.8 Å². The summed E-state index contributed by atoms with van der Waals surface area (Å²) >= 11 is 2.32. The predicted octanol–water partition coefficient (Wildman–Crippen LogP) is 0.115. The van der Waals surface area contributed by atoms with Crippen molar-refractivity contribution < 1.29 is 43.0 Å². The average Bonchev–Trinajstić information content (AvgIpc) is 3.29. The molecule has 3 rings (SSSR count). The Bertz CT molecular complexity index is 1150. The van der Waals surface area contributed by atoms with E-state index in [0.29, 0.717) is 0 Å². The number of anilines is 1. The Kier molecular flexibility index (Phi) is 8.86. The number of thioether (sulfide) groups is 1. The van der Waals surface area contributed by atoms with Crippen molar-refractivity contribution in [2.45, 2.75) is 39.1 Å². The molecule has 14 nitrogen and oxygen atoms in total. The molecule has 1 aromatic rings. The maximum absolute atomic E-state index is 13.1. The van der Waals surface area contributed by atoms with Gasteiger partial charge in [-0.05, 0) is 20.8 Å². The van der Waals surface area contributed by atoms with Gasteiger partial charge in [0.05, 0.1) is 5.41 Å². The molecule has 2 aliphatic rings. The zero-order valence-electron chi connectivity index (χ0n) is 21.5. The van der Waals surface area contributed by atoms with Crippen molar-refractivity contribution in [3.63, 3.8) is 0 Å². The van der Waals surface area contributed by atoms with Crippen LogP contribution in [0.15, 0.2) is 10.5 Å². The molecular formula is C22H29N5O9S2. The first-order valence-electron chi connectivity index (χ1n) is 11.3. The molecule has 0 radical (unpaired) electrons. The third-order valence-corrected chi connectivity index (χ3v) is 7.83. The number of aromatic nitrogens is 1. The zero-order chi connectivity index (χ0) is 28.3. The van der Waals surface area contributed by atoms with Crippen molar-refractivity contribution in [1.82, 2.24) is 15.2 Å². The minimum absolute atomic E-state index is 0.106. The molecule has 2 unspecified atom stereocenters. The third kappa shape index (κ3) is 6.35. The summed E-state index contributed by atoms with van der Waals surface area (Å²) in [5, 5.41) is 7.61. The van der Waals surface area contributed by atoms with Crippen LogP contribution >= 0.6 is 23.1 Å². The Balaban J connectivity index is 1.68. The number of nitrogens with zero attached hydrogens (tertiary/aromatic N) is 3. The summed E-state index contributed by atoms with van der Waals surface area (Å²) in [5.74, 6) is -3.00. The smallest absolute Gasteiger partial charge is 0.321 e. The van der Waals surface area contributed by atoms with Crippen molar-refractivity contribution in [2.75, 3.05) is 38.5 Å². The van der Waals surface area contributed by atoms with Crippen LogP contribution in [-0.2, 0) is 43.0 Å². The zero-order valence-corrected chi connectivity index (χ0v) is 23.1. The Morgan fingerprint density at radius 3 is 2.55 bits per heavy atom. The molecular weight excluding hydrogens is 542 g/mol. The van der Waals surface area contributed by atoms with E-state index in [9.17, 15) is 24.0 Å². The number of esters is 3. The number of nitrogens with one attached hydrogen (secondary N) is 1. The van der Waals surface area contributed by atoms with E-state index in [1.54, 1.807) is 20.8 Å². The Morgan fingerprint density at radius 2 is 1.97 bits per heavy atom. The normalized spacial score (nSPS) is 23.0. The van der Waals surface area contributed by atoms with E-state index >= 15 is 0 Å². The van der Waals surface area contributed by atoms with Gasteiger partial charge in [-0.25, -0.2) is 4.98 Å². The number of hydrogen-bond acceptors (Lipinski definition) is 14. The number of oxime groups is 1. The second-order valence-corrected chi connectivity index (χ2v) is 11.6. The number of nitrogens with two attached hydrogens (primary N) is 1. The molecule has 0 bridgehead atoms. The van der Waals surface area contributed by atoms with E-state index in [0.717, 1.165) is 11.3 Å². The second kappa shape index (κ2) is 11.6. The summed E-state index contributed by atoms with van der Waals surface area (Å²) < 4.78 is 15.3. The van der Waals surface area contributed by atoms with Crippen molar-refractivity contribution in [3.8, 4) is 0 Å². The second-order valence-electron chi connectivity index (χ2n) is 9.60. The van der Waals surface area contributed by atoms with Gasteiger partial charge in [0.2, 0.25) is 12.7 Å². The number of β-lactam (4-membered cyclic amide) rings is 1. The first kappa shape index (κ1) is 29.2. The number of ether oxygens (including phenoxy) is 3. The fourth-order valence-corrected chi connectivity index (χ4v) is 5.61. The minimum atomic E-state index is -1.40. The van der Waals surface area contributed by atoms with Crippen molar-refractivity contribution in [3.05, 3.63) is 11.1 Å². The SMILES string of the molecule is CON=C(C(=O)NC1C(=O)N2CC(COC(C)=O)(C(=O)OCOC(=O)C(C)(C)C)CS[C@H]12)c1csc(N)n1. The molecule has 38 heavy (non-hydrogen) atoms. The molecule has 0 aromatic carbocycles. The van der Waals surface area contributed by atoms with Gasteiger partial charge in [0, 0.05) is 24.6 Å². The summed E-state index contributed by atoms with van der Waals surface area (Å²) in [6.07, 6.45) is 0. The maximum atomic E-state index is 13.1. The van der Waals surface area contributed by atoms with Crippen molar-refractivity contribution >= 4 is 63.7 Å². The number of amides is 2. The topological polar surface area (TPSA) is 189 Å². The number of carbonyl (C=O) groups is 5. The molecule has 2 amide bonds. The van der Waals surface area contributed by atoms with Crippen LogP contribution in [0.4, 0.5) is 5.13 Å². The number of fused-ring (bicyclic) bond motifs is 1. The molecule has 208 valence electrons. The first-order chi connectivity index (χ1) is 17.8. The summed E-state index contributed by atoms with van der Waals surface area (Å²) in [4.78, 5) is 72.5. The average molecular weight is 572 g/mol. The van der Waals surface area contributed by atoms with Gasteiger partial charge < -0.3 is 35.0 Å². The van der Waals surface area contributed by atoms with Crippen LogP contribution in [0, 0.1) is 10.8 Å². The minimum Gasteiger partial charge on any atom is -0.465 e. The molecule has 2 saturated heterocycles. The first-order valence-corrected chi connectivity index (χ1v) is 13.3. The molecule has 0 aliphatic carbocycles. The molecule has 2 fully saturated rings. The van der Waals surface area contributed by atoms with Gasteiger partial charge in [0.1, 0.15) is 36.2 Å². The van der Waals surface area contributed by atoms with Gasteiger partial charge in [-0.15, -0.1) is 23.1 Å². The lowest BCUT2D eigenvalue weighted by molar-refractivity contribution is -0.183. The number of nitrogen functional groups attached to an aromatic ring is 1. The van der Waals surface area contributed by atoms with Gasteiger partial charge >= 0.3 is 17.9 Å². The van der Waals surface area contributed by atoms with E-state index in [1.807, 2.05) is 0 Å². The molecule has 2 aliphatic heterocycles. The highest BCUT2D eigenvalue weighted by molar-refractivity contribution is 8.00. The van der Waals surface area contributed by atoms with Crippen LogP contribution in [-0.4, -0.2) is 89.5 Å². The van der Waals surface area contributed by atoms with Gasteiger partial charge in [-0.2, -0.15) is 0 Å². The highest BCUT2D eigenvalue weighted by Crippen LogP contribution is 2.43. The van der Waals surface area contributed by atoms with Crippen LogP contribution in [0.25, 0.3) is 0 Å². The van der Waals surface area contributed by atoms with Crippen LogP contribution < -0.4 is 11.1 Å². The van der Waals surface area contributed by atoms with Crippen LogP contribution in [0.3, 0.4) is 0 Å². The number of thiazole rings is 1. The molecule has 16 heteroatoms. The van der Waals surface area contributed by atoms with Crippen LogP contribution in [0.2, 0.25) is 0 Å². The Morgan fingerprint density at radius 1 is 1.26 bits per heavy atom. The lowest BCUT2D eigenvalue weighted by Gasteiger charge is -2.53. The van der Waals surface area contributed by atoms with Gasteiger partial charge in [-0.1, -0.05) is 5.16 Å². The predicted molar refractivity (Wildman–Crippen MR) is 136 cm³/mol. The quantitative estimate of drug-likeness (QED) is 0.134. The van der Waals surface area contributed by atoms with Gasteiger partial charge in [-0.3, -0.25) is 24.0 Å². The Labute approximate surface area is 226 Å². The fraction of sp³-hybridized carbons (Fsp3) is 0.591. The van der Waals surface area contributed by atoms with Crippen molar-refractivity contribution in [1.29, 1.82) is 0 Å².